The smallest absolute Gasteiger partial charge is 0.250 e. The van der Waals surface area contributed by atoms with Crippen LogP contribution in [0, 0.1) is 0 Å². The van der Waals surface area contributed by atoms with E-state index >= 15 is 0 Å². The zero-order chi connectivity index (χ0) is 14.5. The third-order valence-corrected chi connectivity index (χ3v) is 2.27. The molecule has 1 rings (SSSR count). The number of ether oxygens (including phenoxy) is 3. The maximum Gasteiger partial charge on any atom is 0.250 e. The zero-order valence-corrected chi connectivity index (χ0v) is 12.1. The maximum absolute atomic E-state index is 11.7. The Morgan fingerprint density at radius 2 is 1.63 bits per heavy atom. The fourth-order valence-electron chi connectivity index (χ4n) is 1.36. The lowest BCUT2D eigenvalue weighted by atomic mass is 10.2. The molecule has 1 aromatic rings. The second-order valence-electron chi connectivity index (χ2n) is 5.05. The predicted molar refractivity (Wildman–Crippen MR) is 73.9 cm³/mol. The molecule has 0 aliphatic rings. The second-order valence-corrected chi connectivity index (χ2v) is 5.05. The molecule has 0 bridgehead atoms. The molecule has 19 heavy (non-hydrogen) atoms. The zero-order valence-electron chi connectivity index (χ0n) is 12.1. The van der Waals surface area contributed by atoms with Crippen LogP contribution in [0.2, 0.25) is 0 Å². The van der Waals surface area contributed by atoms with Crippen LogP contribution < -0.4 is 14.8 Å². The standard InChI is InChI=1S/C14H21NO4/c1-14(2,3)19-9-13(16)15-10-6-11(17-4)8-12(7-10)18-5/h6-8H,9H2,1-5H3,(H,15,16). The first kappa shape index (κ1) is 15.3. The summed E-state index contributed by atoms with van der Waals surface area (Å²) in [4.78, 5) is 11.7. The lowest BCUT2D eigenvalue weighted by Gasteiger charge is -2.19. The number of anilines is 1. The van der Waals surface area contributed by atoms with Crippen LogP contribution in [-0.2, 0) is 9.53 Å². The van der Waals surface area contributed by atoms with E-state index < -0.39 is 0 Å². The minimum absolute atomic E-state index is 0.00300. The molecule has 1 aromatic carbocycles. The van der Waals surface area contributed by atoms with Crippen molar-refractivity contribution in [3.63, 3.8) is 0 Å². The van der Waals surface area contributed by atoms with Crippen molar-refractivity contribution in [3.8, 4) is 11.5 Å². The third kappa shape index (κ3) is 5.61. The molecule has 0 aromatic heterocycles. The summed E-state index contributed by atoms with van der Waals surface area (Å²) in [6, 6.07) is 5.18. The van der Waals surface area contributed by atoms with Crippen LogP contribution in [0.15, 0.2) is 18.2 Å². The Kier molecular flexibility index (Phi) is 5.18. The first-order chi connectivity index (χ1) is 8.84. The Hall–Kier alpha value is -1.75. The molecule has 0 heterocycles. The summed E-state index contributed by atoms with van der Waals surface area (Å²) in [5, 5.41) is 2.74. The van der Waals surface area contributed by atoms with Crippen molar-refractivity contribution in [1.29, 1.82) is 0 Å². The van der Waals surface area contributed by atoms with E-state index in [2.05, 4.69) is 5.32 Å². The minimum Gasteiger partial charge on any atom is -0.497 e. The van der Waals surface area contributed by atoms with Gasteiger partial charge in [0.2, 0.25) is 5.91 Å². The number of carbonyl (C=O) groups excluding carboxylic acids is 1. The van der Waals surface area contributed by atoms with Crippen molar-refractivity contribution in [2.24, 2.45) is 0 Å². The Balaban J connectivity index is 2.68. The number of rotatable bonds is 5. The van der Waals surface area contributed by atoms with Crippen molar-refractivity contribution in [2.75, 3.05) is 26.1 Å². The third-order valence-electron chi connectivity index (χ3n) is 2.27. The maximum atomic E-state index is 11.7. The van der Waals surface area contributed by atoms with Crippen LogP contribution in [0.25, 0.3) is 0 Å². The average Bonchev–Trinajstić information content (AvgIpc) is 2.35. The van der Waals surface area contributed by atoms with Crippen molar-refractivity contribution in [2.45, 2.75) is 26.4 Å². The van der Waals surface area contributed by atoms with Crippen molar-refractivity contribution < 1.29 is 19.0 Å². The highest BCUT2D eigenvalue weighted by Gasteiger charge is 2.13. The summed E-state index contributed by atoms with van der Waals surface area (Å²) < 4.78 is 15.7. The van der Waals surface area contributed by atoms with Gasteiger partial charge in [-0.3, -0.25) is 4.79 Å². The summed E-state index contributed by atoms with van der Waals surface area (Å²) >= 11 is 0. The van der Waals surface area contributed by atoms with Crippen LogP contribution in [0.5, 0.6) is 11.5 Å². The van der Waals surface area contributed by atoms with Gasteiger partial charge in [-0.15, -0.1) is 0 Å². The molecule has 0 spiro atoms. The molecule has 5 nitrogen and oxygen atoms in total. The molecule has 106 valence electrons. The quantitative estimate of drug-likeness (QED) is 0.890. The summed E-state index contributed by atoms with van der Waals surface area (Å²) in [5.74, 6) is 1.02. The normalized spacial score (nSPS) is 11.0. The topological polar surface area (TPSA) is 56.8 Å². The molecule has 0 saturated carbocycles. The second kappa shape index (κ2) is 6.43. The van der Waals surface area contributed by atoms with Gasteiger partial charge in [0.15, 0.2) is 0 Å². The van der Waals surface area contributed by atoms with Crippen molar-refractivity contribution in [3.05, 3.63) is 18.2 Å². The van der Waals surface area contributed by atoms with Gasteiger partial charge in [-0.2, -0.15) is 0 Å². The van der Waals surface area contributed by atoms with E-state index in [0.29, 0.717) is 17.2 Å². The summed E-state index contributed by atoms with van der Waals surface area (Å²) in [7, 11) is 3.12. The van der Waals surface area contributed by atoms with Gasteiger partial charge < -0.3 is 19.5 Å². The largest absolute Gasteiger partial charge is 0.497 e. The molecule has 0 radical (unpaired) electrons. The van der Waals surface area contributed by atoms with E-state index in [1.807, 2.05) is 20.8 Å². The summed E-state index contributed by atoms with van der Waals surface area (Å²) in [5.41, 5.74) is 0.266. The fraction of sp³-hybridized carbons (Fsp3) is 0.500. The fourth-order valence-corrected chi connectivity index (χ4v) is 1.36. The molecule has 0 atom stereocenters. The van der Waals surface area contributed by atoms with Crippen LogP contribution in [0.3, 0.4) is 0 Å². The molecule has 0 saturated heterocycles. The Bertz CT molecular complexity index is 415. The molecule has 0 aliphatic carbocycles. The highest BCUT2D eigenvalue weighted by Crippen LogP contribution is 2.25. The first-order valence-electron chi connectivity index (χ1n) is 6.01. The molecule has 5 heteroatoms. The van der Waals surface area contributed by atoms with Gasteiger partial charge in [-0.1, -0.05) is 0 Å². The van der Waals surface area contributed by atoms with Crippen LogP contribution in [0.4, 0.5) is 5.69 Å². The number of amides is 1. The van der Waals surface area contributed by atoms with Gasteiger partial charge in [0.05, 0.1) is 19.8 Å². The van der Waals surface area contributed by atoms with E-state index in [1.54, 1.807) is 32.4 Å². The number of hydrogen-bond acceptors (Lipinski definition) is 4. The van der Waals surface area contributed by atoms with Gasteiger partial charge in [0, 0.05) is 23.9 Å². The predicted octanol–water partition coefficient (Wildman–Crippen LogP) is 2.46. The van der Waals surface area contributed by atoms with Crippen molar-refractivity contribution in [1.82, 2.24) is 0 Å². The van der Waals surface area contributed by atoms with Crippen LogP contribution >= 0.6 is 0 Å². The number of carbonyl (C=O) groups is 1. The van der Waals surface area contributed by atoms with E-state index in [4.69, 9.17) is 14.2 Å². The van der Waals surface area contributed by atoms with Gasteiger partial charge in [0.25, 0.3) is 0 Å². The monoisotopic (exact) mass is 267 g/mol. The molecular formula is C14H21NO4. The molecule has 1 N–H and O–H groups in total. The van der Waals surface area contributed by atoms with Gasteiger partial charge in [0.1, 0.15) is 18.1 Å². The van der Waals surface area contributed by atoms with Crippen LogP contribution in [0.1, 0.15) is 20.8 Å². The highest BCUT2D eigenvalue weighted by atomic mass is 16.5. The minimum atomic E-state index is -0.344. The Morgan fingerprint density at radius 1 is 1.11 bits per heavy atom. The van der Waals surface area contributed by atoms with Gasteiger partial charge in [-0.25, -0.2) is 0 Å². The Morgan fingerprint density at radius 3 is 2.05 bits per heavy atom. The number of methoxy groups -OCH3 is 2. The van der Waals surface area contributed by atoms with E-state index in [9.17, 15) is 4.79 Å². The number of nitrogens with one attached hydrogen (secondary N) is 1. The van der Waals surface area contributed by atoms with Crippen molar-refractivity contribution >= 4 is 11.6 Å². The van der Waals surface area contributed by atoms with Crippen LogP contribution in [-0.4, -0.2) is 32.3 Å². The number of hydrogen-bond donors (Lipinski definition) is 1. The van der Waals surface area contributed by atoms with E-state index in [-0.39, 0.29) is 18.1 Å². The van der Waals surface area contributed by atoms with E-state index in [1.165, 1.54) is 0 Å². The van der Waals surface area contributed by atoms with E-state index in [0.717, 1.165) is 0 Å². The first-order valence-corrected chi connectivity index (χ1v) is 6.01. The van der Waals surface area contributed by atoms with Gasteiger partial charge in [-0.05, 0) is 20.8 Å². The highest BCUT2D eigenvalue weighted by molar-refractivity contribution is 5.92. The number of benzene rings is 1. The summed E-state index contributed by atoms with van der Waals surface area (Å²) in [6.07, 6.45) is 0. The lowest BCUT2D eigenvalue weighted by Crippen LogP contribution is -2.27. The van der Waals surface area contributed by atoms with Gasteiger partial charge >= 0.3 is 0 Å². The molecular weight excluding hydrogens is 246 g/mol. The summed E-state index contributed by atoms with van der Waals surface area (Å²) in [6.45, 7) is 5.70. The molecule has 0 aliphatic heterocycles. The molecule has 1 amide bonds. The average molecular weight is 267 g/mol. The Labute approximate surface area is 113 Å². The molecule has 0 unspecified atom stereocenters. The molecule has 0 fully saturated rings. The lowest BCUT2D eigenvalue weighted by molar-refractivity contribution is -0.125. The SMILES string of the molecule is COc1cc(NC(=O)COC(C)(C)C)cc(OC)c1.